The van der Waals surface area contributed by atoms with E-state index >= 15 is 0 Å². The number of thiophene rings is 1. The van der Waals surface area contributed by atoms with Crippen molar-refractivity contribution in [3.63, 3.8) is 0 Å². The van der Waals surface area contributed by atoms with Gasteiger partial charge in [-0.05, 0) is 37.2 Å². The van der Waals surface area contributed by atoms with Gasteiger partial charge in [-0.1, -0.05) is 11.3 Å². The van der Waals surface area contributed by atoms with E-state index in [0.29, 0.717) is 16.7 Å². The van der Waals surface area contributed by atoms with Gasteiger partial charge in [-0.15, -0.1) is 0 Å². The van der Waals surface area contributed by atoms with E-state index in [4.69, 9.17) is 5.73 Å². The van der Waals surface area contributed by atoms with Crippen LogP contribution in [0.15, 0.2) is 12.1 Å². The Morgan fingerprint density at radius 2 is 2.10 bits per heavy atom. The van der Waals surface area contributed by atoms with Crippen molar-refractivity contribution in [3.05, 3.63) is 27.1 Å². The molecule has 1 saturated heterocycles. The van der Waals surface area contributed by atoms with Crippen molar-refractivity contribution in [2.45, 2.75) is 25.3 Å². The Morgan fingerprint density at radius 3 is 2.80 bits per heavy atom. The fourth-order valence-corrected chi connectivity index (χ4v) is 4.12. The predicted octanol–water partition coefficient (Wildman–Crippen LogP) is 1.86. The third-order valence-electron chi connectivity index (χ3n) is 4.36. The van der Waals surface area contributed by atoms with E-state index in [-0.39, 0.29) is 17.0 Å². The predicted molar refractivity (Wildman–Crippen MR) is 75.7 cm³/mol. The van der Waals surface area contributed by atoms with Gasteiger partial charge in [-0.2, -0.15) is 0 Å². The summed E-state index contributed by atoms with van der Waals surface area (Å²) in [5.74, 6) is 0.970. The molecule has 0 radical (unpaired) electrons. The molecule has 7 heteroatoms. The molecule has 3 rings (SSSR count). The van der Waals surface area contributed by atoms with Crippen LogP contribution in [0.5, 0.6) is 0 Å². The van der Waals surface area contributed by atoms with Crippen molar-refractivity contribution in [2.75, 3.05) is 13.1 Å². The zero-order valence-corrected chi connectivity index (χ0v) is 11.8. The number of hydrogen-bond donors (Lipinski definition) is 1. The lowest BCUT2D eigenvalue weighted by Crippen LogP contribution is -2.32. The van der Waals surface area contributed by atoms with Crippen molar-refractivity contribution in [3.8, 4) is 0 Å². The van der Waals surface area contributed by atoms with Crippen LogP contribution in [0.3, 0.4) is 0 Å². The van der Waals surface area contributed by atoms with E-state index < -0.39 is 4.92 Å². The number of nitrogens with zero attached hydrogens (tertiary/aromatic N) is 2. The number of amides is 1. The van der Waals surface area contributed by atoms with Crippen LogP contribution in [-0.4, -0.2) is 34.9 Å². The SMILES string of the molecule is NC1CC[C@@H]2CN(C(=O)c3ccc([N+](=O)[O-])s3)C[C@@H]2C1. The van der Waals surface area contributed by atoms with Crippen molar-refractivity contribution < 1.29 is 9.72 Å². The van der Waals surface area contributed by atoms with Crippen LogP contribution in [0.4, 0.5) is 5.00 Å². The second-order valence-corrected chi connectivity index (χ2v) is 6.76. The molecule has 2 heterocycles. The summed E-state index contributed by atoms with van der Waals surface area (Å²) < 4.78 is 0. The van der Waals surface area contributed by atoms with Crippen LogP contribution in [0, 0.1) is 22.0 Å². The lowest BCUT2D eigenvalue weighted by Gasteiger charge is -2.27. The number of likely N-dealkylation sites (tertiary alicyclic amines) is 1. The fraction of sp³-hybridized carbons (Fsp3) is 0.615. The number of carbonyl (C=O) groups excluding carboxylic acids is 1. The standard InChI is InChI=1S/C13H17N3O3S/c14-10-2-1-8-6-15(7-9(8)5-10)13(17)11-3-4-12(20-11)16(18)19/h3-4,8-10H,1-2,5-7,14H2/t8-,9+,10?/m1/s1. The molecule has 1 amide bonds. The zero-order valence-electron chi connectivity index (χ0n) is 11.0. The van der Waals surface area contributed by atoms with Gasteiger partial charge in [0.25, 0.3) is 5.91 Å². The van der Waals surface area contributed by atoms with Crippen LogP contribution >= 0.6 is 11.3 Å². The maximum absolute atomic E-state index is 12.4. The minimum Gasteiger partial charge on any atom is -0.337 e. The summed E-state index contributed by atoms with van der Waals surface area (Å²) >= 11 is 0.955. The quantitative estimate of drug-likeness (QED) is 0.666. The topological polar surface area (TPSA) is 89.5 Å². The molecule has 0 aromatic carbocycles. The van der Waals surface area contributed by atoms with Gasteiger partial charge in [-0.3, -0.25) is 14.9 Å². The van der Waals surface area contributed by atoms with Crippen LogP contribution in [-0.2, 0) is 0 Å². The van der Waals surface area contributed by atoms with Crippen LogP contribution in [0.2, 0.25) is 0 Å². The first kappa shape index (κ1) is 13.5. The molecule has 1 aliphatic heterocycles. The highest BCUT2D eigenvalue weighted by molar-refractivity contribution is 7.17. The lowest BCUT2D eigenvalue weighted by molar-refractivity contribution is -0.380. The second kappa shape index (κ2) is 5.14. The summed E-state index contributed by atoms with van der Waals surface area (Å²) in [4.78, 5) is 24.9. The average molecular weight is 295 g/mol. The Bertz CT molecular complexity index is 545. The first-order valence-corrected chi connectivity index (χ1v) is 7.65. The maximum Gasteiger partial charge on any atom is 0.324 e. The molecule has 2 aliphatic rings. The molecule has 6 nitrogen and oxygen atoms in total. The summed E-state index contributed by atoms with van der Waals surface area (Å²) in [6.45, 7) is 1.50. The number of carbonyl (C=O) groups is 1. The molecule has 2 N–H and O–H groups in total. The number of fused-ring (bicyclic) bond motifs is 1. The molecule has 2 fully saturated rings. The highest BCUT2D eigenvalue weighted by Gasteiger charge is 2.39. The van der Waals surface area contributed by atoms with E-state index in [1.54, 1.807) is 6.07 Å². The fourth-order valence-electron chi connectivity index (χ4n) is 3.33. The minimum atomic E-state index is -0.454. The first-order chi connectivity index (χ1) is 9.54. The normalized spacial score (nSPS) is 29.2. The molecular formula is C13H17N3O3S. The highest BCUT2D eigenvalue weighted by atomic mass is 32.1. The van der Waals surface area contributed by atoms with Gasteiger partial charge < -0.3 is 10.6 Å². The van der Waals surface area contributed by atoms with Gasteiger partial charge in [0.2, 0.25) is 0 Å². The number of rotatable bonds is 2. The Kier molecular flexibility index (Phi) is 3.47. The summed E-state index contributed by atoms with van der Waals surface area (Å²) in [7, 11) is 0. The van der Waals surface area contributed by atoms with Crippen molar-refractivity contribution in [1.29, 1.82) is 0 Å². The van der Waals surface area contributed by atoms with Gasteiger partial charge in [-0.25, -0.2) is 0 Å². The lowest BCUT2D eigenvalue weighted by atomic mass is 9.79. The monoisotopic (exact) mass is 295 g/mol. The van der Waals surface area contributed by atoms with Crippen LogP contribution < -0.4 is 5.73 Å². The van der Waals surface area contributed by atoms with Gasteiger partial charge in [0, 0.05) is 25.2 Å². The Labute approximate surface area is 120 Å². The van der Waals surface area contributed by atoms with Crippen LogP contribution in [0.25, 0.3) is 0 Å². The van der Waals surface area contributed by atoms with Crippen LogP contribution in [0.1, 0.15) is 28.9 Å². The van der Waals surface area contributed by atoms with Gasteiger partial charge in [0.1, 0.15) is 0 Å². The molecular weight excluding hydrogens is 278 g/mol. The van der Waals surface area contributed by atoms with E-state index in [1.807, 2.05) is 4.90 Å². The van der Waals surface area contributed by atoms with E-state index in [1.165, 1.54) is 6.07 Å². The van der Waals surface area contributed by atoms with Crippen molar-refractivity contribution in [2.24, 2.45) is 17.6 Å². The van der Waals surface area contributed by atoms with Gasteiger partial charge >= 0.3 is 5.00 Å². The largest absolute Gasteiger partial charge is 0.337 e. The molecule has 1 saturated carbocycles. The third kappa shape index (κ3) is 2.43. The molecule has 3 atom stereocenters. The summed E-state index contributed by atoms with van der Waals surface area (Å²) in [6, 6.07) is 3.21. The van der Waals surface area contributed by atoms with Crippen molar-refractivity contribution >= 4 is 22.2 Å². The Hall–Kier alpha value is -1.47. The van der Waals surface area contributed by atoms with E-state index in [2.05, 4.69) is 0 Å². The summed E-state index contributed by atoms with van der Waals surface area (Å²) in [5.41, 5.74) is 5.98. The molecule has 1 aromatic rings. The molecule has 0 bridgehead atoms. The van der Waals surface area contributed by atoms with Crippen molar-refractivity contribution in [1.82, 2.24) is 4.90 Å². The average Bonchev–Trinajstić information content (AvgIpc) is 3.03. The highest BCUT2D eigenvalue weighted by Crippen LogP contribution is 2.37. The van der Waals surface area contributed by atoms with Gasteiger partial charge in [0.05, 0.1) is 9.80 Å². The molecule has 108 valence electrons. The van der Waals surface area contributed by atoms with Gasteiger partial charge in [0.15, 0.2) is 0 Å². The second-order valence-electron chi connectivity index (χ2n) is 5.70. The summed E-state index contributed by atoms with van der Waals surface area (Å²) in [6.07, 6.45) is 3.10. The molecule has 1 aliphatic carbocycles. The zero-order chi connectivity index (χ0) is 14.3. The number of nitrogens with two attached hydrogens (primary N) is 1. The maximum atomic E-state index is 12.4. The number of hydrogen-bond acceptors (Lipinski definition) is 5. The molecule has 1 aromatic heterocycles. The molecule has 0 spiro atoms. The third-order valence-corrected chi connectivity index (χ3v) is 5.38. The Balaban J connectivity index is 1.70. The minimum absolute atomic E-state index is 0.0204. The summed E-state index contributed by atoms with van der Waals surface area (Å²) in [5, 5.41) is 10.7. The Morgan fingerprint density at radius 1 is 1.35 bits per heavy atom. The van der Waals surface area contributed by atoms with E-state index in [0.717, 1.165) is 43.7 Å². The van der Waals surface area contributed by atoms with E-state index in [9.17, 15) is 14.9 Å². The molecule has 1 unspecified atom stereocenters. The number of nitro groups is 1. The smallest absolute Gasteiger partial charge is 0.324 e. The molecule has 20 heavy (non-hydrogen) atoms. The first-order valence-electron chi connectivity index (χ1n) is 6.83.